The minimum atomic E-state index is 0.251. The van der Waals surface area contributed by atoms with Gasteiger partial charge < -0.3 is 15.8 Å². The number of anilines is 1. The number of ether oxygens (including phenoxy) is 1. The highest BCUT2D eigenvalue weighted by Crippen LogP contribution is 2.17. The van der Waals surface area contributed by atoms with Crippen molar-refractivity contribution in [3.8, 4) is 5.75 Å². The van der Waals surface area contributed by atoms with Gasteiger partial charge in [0.1, 0.15) is 12.4 Å². The molecule has 0 aliphatic heterocycles. The van der Waals surface area contributed by atoms with Gasteiger partial charge in [-0.25, -0.2) is 0 Å². The van der Waals surface area contributed by atoms with Crippen LogP contribution in [0.15, 0.2) is 30.5 Å². The third-order valence-electron chi connectivity index (χ3n) is 2.89. The Balaban J connectivity index is 1.96. The second kappa shape index (κ2) is 6.38. The van der Waals surface area contributed by atoms with E-state index < -0.39 is 0 Å². The number of hydrogen-bond acceptors (Lipinski definition) is 3. The molecule has 0 aliphatic carbocycles. The largest absolute Gasteiger partial charge is 0.489 e. The highest BCUT2D eigenvalue weighted by molar-refractivity contribution is 7.80. The van der Waals surface area contributed by atoms with Gasteiger partial charge in [0.05, 0.1) is 5.69 Å². The minimum absolute atomic E-state index is 0.251. The average Bonchev–Trinajstić information content (AvgIpc) is 2.78. The van der Waals surface area contributed by atoms with Crippen molar-refractivity contribution in [3.63, 3.8) is 0 Å². The standard InChI is InChI=1S/C14H18N4OS/c1-3-18-8-11(10(2)17-18)9-19-13-6-4-12(5-7-13)16-14(15)20/h4-8H,3,9H2,1-2H3,(H3,15,16,20). The summed E-state index contributed by atoms with van der Waals surface area (Å²) < 4.78 is 7.65. The quantitative estimate of drug-likeness (QED) is 0.828. The van der Waals surface area contributed by atoms with Gasteiger partial charge in [-0.3, -0.25) is 4.68 Å². The average molecular weight is 290 g/mol. The van der Waals surface area contributed by atoms with Gasteiger partial charge in [-0.05, 0) is 50.3 Å². The minimum Gasteiger partial charge on any atom is -0.489 e. The van der Waals surface area contributed by atoms with Crippen molar-refractivity contribution < 1.29 is 4.74 Å². The highest BCUT2D eigenvalue weighted by atomic mass is 32.1. The smallest absolute Gasteiger partial charge is 0.168 e. The Labute approximate surface area is 123 Å². The molecular formula is C14H18N4OS. The molecule has 106 valence electrons. The Hall–Kier alpha value is -2.08. The third kappa shape index (κ3) is 3.71. The molecule has 1 heterocycles. The van der Waals surface area contributed by atoms with Crippen LogP contribution in [0.4, 0.5) is 5.69 Å². The Bertz CT molecular complexity index is 592. The van der Waals surface area contributed by atoms with Crippen molar-refractivity contribution in [1.29, 1.82) is 0 Å². The van der Waals surface area contributed by atoms with E-state index in [0.29, 0.717) is 6.61 Å². The van der Waals surface area contributed by atoms with Crippen molar-refractivity contribution in [2.45, 2.75) is 27.0 Å². The molecule has 0 aliphatic rings. The molecule has 0 unspecified atom stereocenters. The van der Waals surface area contributed by atoms with Crippen molar-refractivity contribution in [2.24, 2.45) is 5.73 Å². The van der Waals surface area contributed by atoms with Crippen LogP contribution in [-0.4, -0.2) is 14.9 Å². The monoisotopic (exact) mass is 290 g/mol. The maximum Gasteiger partial charge on any atom is 0.168 e. The molecule has 2 aromatic rings. The molecule has 20 heavy (non-hydrogen) atoms. The first kappa shape index (κ1) is 14.3. The third-order valence-corrected chi connectivity index (χ3v) is 2.99. The molecule has 0 spiro atoms. The molecule has 1 aromatic heterocycles. The number of hydrogen-bond donors (Lipinski definition) is 2. The summed E-state index contributed by atoms with van der Waals surface area (Å²) in [6.45, 7) is 5.42. The zero-order valence-corrected chi connectivity index (χ0v) is 12.4. The van der Waals surface area contributed by atoms with Crippen LogP contribution in [-0.2, 0) is 13.2 Å². The molecule has 2 rings (SSSR count). The lowest BCUT2D eigenvalue weighted by Gasteiger charge is -2.07. The predicted molar refractivity (Wildman–Crippen MR) is 83.8 cm³/mol. The summed E-state index contributed by atoms with van der Waals surface area (Å²) in [4.78, 5) is 0. The fourth-order valence-corrected chi connectivity index (χ4v) is 1.92. The molecule has 0 amide bonds. The Morgan fingerprint density at radius 3 is 2.65 bits per heavy atom. The zero-order chi connectivity index (χ0) is 14.5. The SMILES string of the molecule is CCn1cc(COc2ccc(NC(N)=S)cc2)c(C)n1. The Morgan fingerprint density at radius 1 is 1.40 bits per heavy atom. The normalized spacial score (nSPS) is 10.3. The van der Waals surface area contributed by atoms with Crippen molar-refractivity contribution in [2.75, 3.05) is 5.32 Å². The summed E-state index contributed by atoms with van der Waals surface area (Å²) in [6, 6.07) is 7.49. The van der Waals surface area contributed by atoms with Crippen LogP contribution < -0.4 is 15.8 Å². The van der Waals surface area contributed by atoms with E-state index in [-0.39, 0.29) is 5.11 Å². The lowest BCUT2D eigenvalue weighted by Crippen LogP contribution is -2.18. The first-order chi connectivity index (χ1) is 9.58. The van der Waals surface area contributed by atoms with Crippen molar-refractivity contribution >= 4 is 23.0 Å². The number of rotatable bonds is 5. The van der Waals surface area contributed by atoms with Gasteiger partial charge in [0.15, 0.2) is 5.11 Å². The van der Waals surface area contributed by atoms with Crippen LogP contribution in [0.3, 0.4) is 0 Å². The van der Waals surface area contributed by atoms with Crippen LogP contribution in [0.2, 0.25) is 0 Å². The second-order valence-corrected chi connectivity index (χ2v) is 4.84. The molecule has 0 saturated heterocycles. The van der Waals surface area contributed by atoms with Crippen LogP contribution in [0.5, 0.6) is 5.75 Å². The maximum atomic E-state index is 5.75. The molecule has 0 fully saturated rings. The van der Waals surface area contributed by atoms with Crippen LogP contribution >= 0.6 is 12.2 Å². The number of aryl methyl sites for hydroxylation is 2. The molecule has 5 nitrogen and oxygen atoms in total. The maximum absolute atomic E-state index is 5.75. The van der Waals surface area contributed by atoms with Gasteiger partial charge >= 0.3 is 0 Å². The van der Waals surface area contributed by atoms with Gasteiger partial charge in [-0.1, -0.05) is 0 Å². The summed E-state index contributed by atoms with van der Waals surface area (Å²) in [5.74, 6) is 0.794. The lowest BCUT2D eigenvalue weighted by molar-refractivity contribution is 0.305. The van der Waals surface area contributed by atoms with E-state index >= 15 is 0 Å². The van der Waals surface area contributed by atoms with Crippen molar-refractivity contribution in [1.82, 2.24) is 9.78 Å². The van der Waals surface area contributed by atoms with Crippen LogP contribution in [0, 0.1) is 6.92 Å². The van der Waals surface area contributed by atoms with Crippen LogP contribution in [0.1, 0.15) is 18.2 Å². The zero-order valence-electron chi connectivity index (χ0n) is 11.6. The van der Waals surface area contributed by atoms with E-state index in [0.717, 1.165) is 29.2 Å². The lowest BCUT2D eigenvalue weighted by atomic mass is 10.3. The summed E-state index contributed by atoms with van der Waals surface area (Å²) in [5.41, 5.74) is 8.35. The van der Waals surface area contributed by atoms with Gasteiger partial charge in [-0.2, -0.15) is 5.10 Å². The highest BCUT2D eigenvalue weighted by Gasteiger charge is 2.05. The summed E-state index contributed by atoms with van der Waals surface area (Å²) >= 11 is 4.78. The number of aromatic nitrogens is 2. The summed E-state index contributed by atoms with van der Waals surface area (Å²) in [7, 11) is 0. The van der Waals surface area contributed by atoms with Crippen LogP contribution in [0.25, 0.3) is 0 Å². The van der Waals surface area contributed by atoms with Gasteiger partial charge in [0, 0.05) is 24.0 Å². The van der Waals surface area contributed by atoms with Gasteiger partial charge in [-0.15, -0.1) is 0 Å². The molecule has 6 heteroatoms. The molecular weight excluding hydrogens is 272 g/mol. The summed E-state index contributed by atoms with van der Waals surface area (Å²) in [5, 5.41) is 7.50. The first-order valence-corrected chi connectivity index (χ1v) is 6.81. The molecule has 1 aromatic carbocycles. The Kier molecular flexibility index (Phi) is 4.57. The van der Waals surface area contributed by atoms with Gasteiger partial charge in [0.2, 0.25) is 0 Å². The predicted octanol–water partition coefficient (Wildman–Crippen LogP) is 2.45. The number of benzene rings is 1. The summed E-state index contributed by atoms with van der Waals surface area (Å²) in [6.07, 6.45) is 2.01. The molecule has 0 radical (unpaired) electrons. The number of nitrogens with one attached hydrogen (secondary N) is 1. The van der Waals surface area contributed by atoms with E-state index in [1.807, 2.05) is 42.1 Å². The van der Waals surface area contributed by atoms with E-state index in [2.05, 4.69) is 17.3 Å². The van der Waals surface area contributed by atoms with E-state index in [1.54, 1.807) is 0 Å². The Morgan fingerprint density at radius 2 is 2.10 bits per heavy atom. The number of nitrogens with zero attached hydrogens (tertiary/aromatic N) is 2. The molecule has 0 atom stereocenters. The van der Waals surface area contributed by atoms with E-state index in [9.17, 15) is 0 Å². The first-order valence-electron chi connectivity index (χ1n) is 6.40. The fourth-order valence-electron chi connectivity index (χ4n) is 1.80. The van der Waals surface area contributed by atoms with Gasteiger partial charge in [0.25, 0.3) is 0 Å². The number of nitrogens with two attached hydrogens (primary N) is 1. The molecule has 0 saturated carbocycles. The molecule has 3 N–H and O–H groups in total. The second-order valence-electron chi connectivity index (χ2n) is 4.40. The topological polar surface area (TPSA) is 65.1 Å². The van der Waals surface area contributed by atoms with E-state index in [4.69, 9.17) is 22.7 Å². The number of thiocarbonyl (C=S) groups is 1. The fraction of sp³-hybridized carbons (Fsp3) is 0.286. The van der Waals surface area contributed by atoms with E-state index in [1.165, 1.54) is 0 Å². The van der Waals surface area contributed by atoms with Crippen molar-refractivity contribution in [3.05, 3.63) is 41.7 Å². The molecule has 0 bridgehead atoms.